The van der Waals surface area contributed by atoms with Crippen LogP contribution in [0, 0.1) is 0 Å². The number of aliphatic hydroxyl groups is 3. The summed E-state index contributed by atoms with van der Waals surface area (Å²) in [5, 5.41) is 40.1. The molecule has 8 N–H and O–H groups in total. The molecule has 2 aliphatic rings. The van der Waals surface area contributed by atoms with Gasteiger partial charge in [-0.15, -0.1) is 0 Å². The Morgan fingerprint density at radius 2 is 1.49 bits per heavy atom. The fourth-order valence-corrected chi connectivity index (χ4v) is 4.90. The first-order valence-corrected chi connectivity index (χ1v) is 13.7. The van der Waals surface area contributed by atoms with Crippen LogP contribution in [0.15, 0.2) is 0 Å². The van der Waals surface area contributed by atoms with E-state index in [0.717, 1.165) is 7.11 Å². The van der Waals surface area contributed by atoms with Crippen LogP contribution in [0.4, 0.5) is 0 Å². The van der Waals surface area contributed by atoms with Crippen LogP contribution in [0.3, 0.4) is 0 Å². The molecule has 2 saturated heterocycles. The summed E-state index contributed by atoms with van der Waals surface area (Å²) in [6.07, 6.45) is -19.6. The Balaban J connectivity index is 2.54. The number of hydrogen-bond acceptors (Lipinski definition) is 16. The van der Waals surface area contributed by atoms with E-state index in [1.54, 1.807) is 0 Å². The van der Waals surface area contributed by atoms with Crippen molar-refractivity contribution in [1.82, 2.24) is 4.72 Å². The van der Waals surface area contributed by atoms with Crippen LogP contribution < -0.4 is 4.72 Å². The zero-order chi connectivity index (χ0) is 28.5. The quantitative estimate of drug-likeness (QED) is 0.101. The van der Waals surface area contributed by atoms with Crippen LogP contribution in [0.2, 0.25) is 0 Å². The van der Waals surface area contributed by atoms with Gasteiger partial charge in [0, 0.05) is 7.11 Å². The molecule has 0 saturated carbocycles. The van der Waals surface area contributed by atoms with E-state index in [0.29, 0.717) is 0 Å². The van der Waals surface area contributed by atoms with Crippen LogP contribution in [0.25, 0.3) is 0 Å². The average Bonchev–Trinajstić information content (AvgIpc) is 2.71. The first-order chi connectivity index (χ1) is 16.7. The third kappa shape index (κ3) is 8.92. The summed E-state index contributed by atoms with van der Waals surface area (Å²) in [6, 6.07) is -2.36. The minimum absolute atomic E-state index is 0.960. The molecule has 21 nitrogen and oxygen atoms in total. The molecular formula is C13H23NO20S3. The second-order valence-corrected chi connectivity index (χ2v) is 10.8. The van der Waals surface area contributed by atoms with Crippen molar-refractivity contribution in [1.29, 1.82) is 0 Å². The number of nitrogens with one attached hydrogen (secondary N) is 1. The lowest BCUT2D eigenvalue weighted by atomic mass is 9.96. The van der Waals surface area contributed by atoms with Crippen LogP contribution in [-0.2, 0) is 63.2 Å². The largest absolute Gasteiger partial charge is 0.479 e. The number of aliphatic carboxylic acids is 1. The molecule has 0 amide bonds. The van der Waals surface area contributed by atoms with E-state index < -0.39 is 105 Å². The molecule has 0 aromatic carbocycles. The van der Waals surface area contributed by atoms with Crippen LogP contribution in [-0.4, -0.2) is 140 Å². The molecule has 2 aliphatic heterocycles. The van der Waals surface area contributed by atoms with Crippen molar-refractivity contribution < 1.29 is 91.4 Å². The molecule has 37 heavy (non-hydrogen) atoms. The van der Waals surface area contributed by atoms with Crippen molar-refractivity contribution in [3.63, 3.8) is 0 Å². The number of carboxylic acids is 1. The smallest absolute Gasteiger partial charge is 0.397 e. The summed E-state index contributed by atoms with van der Waals surface area (Å²) in [7, 11) is -15.1. The molecule has 0 radical (unpaired) electrons. The summed E-state index contributed by atoms with van der Waals surface area (Å²) in [6.45, 7) is -1.33. The van der Waals surface area contributed by atoms with Gasteiger partial charge in [0.15, 0.2) is 18.7 Å². The fourth-order valence-electron chi connectivity index (χ4n) is 3.49. The molecule has 2 rings (SSSR count). The van der Waals surface area contributed by atoms with Crippen molar-refractivity contribution in [3.8, 4) is 0 Å². The van der Waals surface area contributed by atoms with Crippen LogP contribution in [0.5, 0.6) is 0 Å². The summed E-state index contributed by atoms with van der Waals surface area (Å²) in [4.78, 5) is 11.5. The third-order valence-electron chi connectivity index (χ3n) is 4.92. The highest BCUT2D eigenvalue weighted by Crippen LogP contribution is 2.32. The summed E-state index contributed by atoms with van der Waals surface area (Å²) >= 11 is 0. The Bertz CT molecular complexity index is 1120. The van der Waals surface area contributed by atoms with Gasteiger partial charge in [0.2, 0.25) is 0 Å². The van der Waals surface area contributed by atoms with Crippen LogP contribution >= 0.6 is 0 Å². The van der Waals surface area contributed by atoms with Gasteiger partial charge in [0.05, 0.1) is 6.61 Å². The Kier molecular flexibility index (Phi) is 10.3. The average molecular weight is 610 g/mol. The second kappa shape index (κ2) is 11.9. The van der Waals surface area contributed by atoms with Crippen LogP contribution in [0.1, 0.15) is 0 Å². The molecule has 10 atom stereocenters. The number of rotatable bonds is 11. The van der Waals surface area contributed by atoms with Gasteiger partial charge in [-0.25, -0.2) is 13.2 Å². The maximum absolute atomic E-state index is 11.5. The lowest BCUT2D eigenvalue weighted by Gasteiger charge is -2.46. The molecule has 24 heteroatoms. The predicted octanol–water partition coefficient (Wildman–Crippen LogP) is -5.60. The summed E-state index contributed by atoms with van der Waals surface area (Å²) < 4.78 is 124. The van der Waals surface area contributed by atoms with E-state index in [1.807, 2.05) is 0 Å². The maximum atomic E-state index is 11.5. The standard InChI is InChI=1S/C13H23NO20S3/c1-29-9-5(15)6(16)13(33-10(9)11(17)18)32-7-3(2-30-36(23,24)25)31-12(19)4(14-35(20,21)22)8(7)34-37(26,27)28/h3-10,12-16,19H,2H2,1H3,(H,17,18)(H,20,21,22)(H,23,24,25)(H,26,27,28)/t3-,4-,5-,6-,7-,8-,9+,10+,12+,13-/m1/s1. The van der Waals surface area contributed by atoms with Gasteiger partial charge >= 0.3 is 37.1 Å². The van der Waals surface area contributed by atoms with E-state index in [-0.39, 0.29) is 0 Å². The minimum atomic E-state index is -5.58. The number of aliphatic hydroxyl groups excluding tert-OH is 3. The monoisotopic (exact) mass is 609 g/mol. The molecule has 218 valence electrons. The van der Waals surface area contributed by atoms with Crippen molar-refractivity contribution in [2.75, 3.05) is 13.7 Å². The molecule has 0 aliphatic carbocycles. The Hall–Kier alpha value is -1.20. The Labute approximate surface area is 208 Å². The molecule has 0 unspecified atom stereocenters. The van der Waals surface area contributed by atoms with E-state index in [9.17, 15) is 50.5 Å². The molecular weight excluding hydrogens is 586 g/mol. The first kappa shape index (κ1) is 32.0. The van der Waals surface area contributed by atoms with Crippen molar-refractivity contribution in [3.05, 3.63) is 0 Å². The van der Waals surface area contributed by atoms with E-state index >= 15 is 0 Å². The second-order valence-electron chi connectivity index (χ2n) is 7.43. The van der Waals surface area contributed by atoms with Crippen molar-refractivity contribution >= 4 is 37.1 Å². The summed E-state index contributed by atoms with van der Waals surface area (Å²) in [5.41, 5.74) is 0. The van der Waals surface area contributed by atoms with Gasteiger partial charge in [0.25, 0.3) is 0 Å². The SMILES string of the molecule is CO[C@H]1[C@H](O)[C@@H](O)[C@H](O[C@H]2[C@H](OS(=O)(=O)O)[C@@H](NS(=O)(=O)O)[C@@H](O)O[C@@H]2COS(=O)(=O)O)O[C@@H]1C(=O)O. The van der Waals surface area contributed by atoms with Gasteiger partial charge in [-0.1, -0.05) is 0 Å². The highest BCUT2D eigenvalue weighted by molar-refractivity contribution is 7.83. The highest BCUT2D eigenvalue weighted by atomic mass is 32.3. The van der Waals surface area contributed by atoms with Crippen molar-refractivity contribution in [2.45, 2.75) is 61.3 Å². The molecule has 0 aromatic rings. The molecule has 2 heterocycles. The van der Waals surface area contributed by atoms with Crippen molar-refractivity contribution in [2.24, 2.45) is 0 Å². The number of hydrogen-bond donors (Lipinski definition) is 8. The normalized spacial score (nSPS) is 37.8. The number of methoxy groups -OCH3 is 1. The Morgan fingerprint density at radius 3 is 1.95 bits per heavy atom. The third-order valence-corrected chi connectivity index (χ3v) is 6.39. The zero-order valence-corrected chi connectivity index (χ0v) is 20.6. The van der Waals surface area contributed by atoms with Gasteiger partial charge in [-0.3, -0.25) is 13.7 Å². The predicted molar refractivity (Wildman–Crippen MR) is 107 cm³/mol. The number of ether oxygens (including phenoxy) is 4. The van der Waals surface area contributed by atoms with Gasteiger partial charge in [0.1, 0.15) is 42.7 Å². The Morgan fingerprint density at radius 1 is 0.892 bits per heavy atom. The first-order valence-electron chi connectivity index (χ1n) is 9.52. The number of carboxylic acid groups (broad SMARTS) is 1. The van der Waals surface area contributed by atoms with Gasteiger partial charge < -0.3 is 39.4 Å². The van der Waals surface area contributed by atoms with Gasteiger partial charge in [-0.2, -0.15) is 30.0 Å². The van der Waals surface area contributed by atoms with E-state index in [1.165, 1.54) is 4.72 Å². The fraction of sp³-hybridized carbons (Fsp3) is 0.923. The maximum Gasteiger partial charge on any atom is 0.397 e. The van der Waals surface area contributed by atoms with Gasteiger partial charge in [-0.05, 0) is 0 Å². The van der Waals surface area contributed by atoms with E-state index in [4.69, 9.17) is 32.6 Å². The topological polar surface area (TPSA) is 329 Å². The highest BCUT2D eigenvalue weighted by Gasteiger charge is 2.55. The summed E-state index contributed by atoms with van der Waals surface area (Å²) in [5.74, 6) is -1.75. The molecule has 0 aromatic heterocycles. The zero-order valence-electron chi connectivity index (χ0n) is 18.1. The minimum Gasteiger partial charge on any atom is -0.479 e. The lowest BCUT2D eigenvalue weighted by molar-refractivity contribution is -0.339. The molecule has 0 spiro atoms. The number of carbonyl (C=O) groups is 1. The van der Waals surface area contributed by atoms with E-state index in [2.05, 4.69) is 8.37 Å². The lowest BCUT2D eigenvalue weighted by Crippen LogP contribution is -2.68. The molecule has 2 fully saturated rings. The molecule has 0 bridgehead atoms.